The number of hydrogen-bond acceptors (Lipinski definition) is 5. The molecule has 0 saturated carbocycles. The maximum absolute atomic E-state index is 12.5. The summed E-state index contributed by atoms with van der Waals surface area (Å²) < 4.78 is 27.7. The Hall–Kier alpha value is -1.97. The molecule has 1 heterocycles. The summed E-state index contributed by atoms with van der Waals surface area (Å²) >= 11 is 1.64. The number of aromatic nitrogens is 1. The zero-order valence-corrected chi connectivity index (χ0v) is 18.7. The number of hydrogen-bond donors (Lipinski definition) is 3. The smallest absolute Gasteiger partial charge is 0.240 e. The third-order valence-corrected chi connectivity index (χ3v) is 6.73. The number of benzene rings is 1. The lowest BCUT2D eigenvalue weighted by Gasteiger charge is -2.13. The predicted molar refractivity (Wildman–Crippen MR) is 116 cm³/mol. The Bertz CT molecular complexity index is 936. The third-order valence-electron chi connectivity index (χ3n) is 4.07. The van der Waals surface area contributed by atoms with Crippen molar-refractivity contribution in [3.05, 3.63) is 44.9 Å². The van der Waals surface area contributed by atoms with E-state index in [1.165, 1.54) is 0 Å². The summed E-state index contributed by atoms with van der Waals surface area (Å²) in [6.07, 6.45) is 0. The van der Waals surface area contributed by atoms with Crippen LogP contribution in [0.3, 0.4) is 0 Å². The highest BCUT2D eigenvalue weighted by Crippen LogP contribution is 2.18. The van der Waals surface area contributed by atoms with Gasteiger partial charge in [0.2, 0.25) is 10.0 Å². The highest BCUT2D eigenvalue weighted by atomic mass is 32.2. The lowest BCUT2D eigenvalue weighted by Crippen LogP contribution is -2.41. The Labute approximate surface area is 171 Å². The number of rotatable bonds is 8. The predicted octanol–water partition coefficient (Wildman–Crippen LogP) is 2.41. The Morgan fingerprint density at radius 1 is 1.14 bits per heavy atom. The first-order valence-electron chi connectivity index (χ1n) is 9.25. The largest absolute Gasteiger partial charge is 0.357 e. The highest BCUT2D eigenvalue weighted by molar-refractivity contribution is 7.89. The quantitative estimate of drug-likeness (QED) is 0.344. The van der Waals surface area contributed by atoms with Crippen LogP contribution in [-0.4, -0.2) is 39.0 Å². The van der Waals surface area contributed by atoms with Gasteiger partial charge >= 0.3 is 0 Å². The van der Waals surface area contributed by atoms with Crippen molar-refractivity contribution >= 4 is 27.3 Å². The maximum atomic E-state index is 12.5. The van der Waals surface area contributed by atoms with Crippen LogP contribution in [0.15, 0.2) is 28.1 Å². The number of nitrogens with zero attached hydrogens (tertiary/aromatic N) is 2. The van der Waals surface area contributed by atoms with E-state index in [9.17, 15) is 8.42 Å². The molecule has 0 atom stereocenters. The second-order valence-electron chi connectivity index (χ2n) is 6.53. The minimum Gasteiger partial charge on any atom is -0.357 e. The van der Waals surface area contributed by atoms with Crippen LogP contribution in [0.25, 0.3) is 0 Å². The van der Waals surface area contributed by atoms with Gasteiger partial charge in [-0.3, -0.25) is 0 Å². The summed E-state index contributed by atoms with van der Waals surface area (Å²) in [6.45, 7) is 11.6. The number of sulfonamides is 1. The fourth-order valence-corrected chi connectivity index (χ4v) is 4.87. The van der Waals surface area contributed by atoms with Gasteiger partial charge in [0.1, 0.15) is 0 Å². The highest BCUT2D eigenvalue weighted by Gasteiger charge is 2.16. The monoisotopic (exact) mass is 423 g/mol. The van der Waals surface area contributed by atoms with Crippen LogP contribution in [0, 0.1) is 27.7 Å². The van der Waals surface area contributed by atoms with Gasteiger partial charge in [-0.15, -0.1) is 11.3 Å². The first kappa shape index (κ1) is 22.3. The molecular weight excluding hydrogens is 394 g/mol. The molecule has 0 aliphatic heterocycles. The number of nitrogens with one attached hydrogen (secondary N) is 3. The number of aryl methyl sites for hydroxylation is 4. The van der Waals surface area contributed by atoms with E-state index in [2.05, 4.69) is 25.3 Å². The lowest BCUT2D eigenvalue weighted by atomic mass is 10.2. The molecule has 1 aromatic carbocycles. The van der Waals surface area contributed by atoms with Crippen molar-refractivity contribution in [1.82, 2.24) is 20.3 Å². The van der Waals surface area contributed by atoms with Gasteiger partial charge < -0.3 is 10.6 Å². The van der Waals surface area contributed by atoms with Gasteiger partial charge in [-0.25, -0.2) is 23.1 Å². The third kappa shape index (κ3) is 6.29. The van der Waals surface area contributed by atoms with Gasteiger partial charge in [0.15, 0.2) is 5.96 Å². The van der Waals surface area contributed by atoms with Crippen molar-refractivity contribution in [1.29, 1.82) is 0 Å². The van der Waals surface area contributed by atoms with Crippen LogP contribution in [-0.2, 0) is 16.6 Å². The molecule has 9 heteroatoms. The summed E-state index contributed by atoms with van der Waals surface area (Å²) in [6, 6.07) is 5.42. The van der Waals surface area contributed by atoms with E-state index in [-0.39, 0.29) is 6.54 Å². The van der Waals surface area contributed by atoms with Crippen molar-refractivity contribution in [2.45, 2.75) is 46.1 Å². The standard InChI is InChI=1S/C19H29N5O2S2/c1-6-20-19(22-12-17-15(4)24-16(5)27-17)21-9-10-23-28(25,26)18-11-13(2)7-8-14(18)3/h7-8,11,23H,6,9-10,12H2,1-5H3,(H2,20,21,22). The first-order valence-corrected chi connectivity index (χ1v) is 11.5. The Morgan fingerprint density at radius 3 is 2.54 bits per heavy atom. The van der Waals surface area contributed by atoms with Crippen molar-refractivity contribution in [3.8, 4) is 0 Å². The van der Waals surface area contributed by atoms with E-state index < -0.39 is 10.0 Å². The van der Waals surface area contributed by atoms with E-state index in [0.717, 1.165) is 33.3 Å². The van der Waals surface area contributed by atoms with Gasteiger partial charge in [0.05, 0.1) is 22.1 Å². The Kier molecular flexibility index (Phi) is 7.97. The van der Waals surface area contributed by atoms with E-state index in [1.807, 2.05) is 39.8 Å². The second kappa shape index (κ2) is 9.99. The topological polar surface area (TPSA) is 95.5 Å². The molecule has 0 aliphatic carbocycles. The number of aliphatic imine (C=N–C) groups is 1. The van der Waals surface area contributed by atoms with Crippen molar-refractivity contribution in [2.24, 2.45) is 4.99 Å². The molecule has 154 valence electrons. The molecule has 28 heavy (non-hydrogen) atoms. The number of guanidine groups is 1. The van der Waals surface area contributed by atoms with E-state index in [0.29, 0.717) is 23.9 Å². The molecule has 2 rings (SSSR count). The molecule has 0 saturated heterocycles. The van der Waals surface area contributed by atoms with Crippen LogP contribution in [0.4, 0.5) is 0 Å². The Balaban J connectivity index is 1.92. The average Bonchev–Trinajstić information content (AvgIpc) is 2.95. The van der Waals surface area contributed by atoms with Gasteiger partial charge in [-0.1, -0.05) is 12.1 Å². The molecular formula is C19H29N5O2S2. The molecule has 1 aromatic heterocycles. The van der Waals surface area contributed by atoms with E-state index in [1.54, 1.807) is 24.3 Å². The fourth-order valence-electron chi connectivity index (χ4n) is 2.65. The van der Waals surface area contributed by atoms with E-state index in [4.69, 9.17) is 0 Å². The van der Waals surface area contributed by atoms with Gasteiger partial charge in [-0.2, -0.15) is 0 Å². The summed E-state index contributed by atoms with van der Waals surface area (Å²) in [4.78, 5) is 10.4. The van der Waals surface area contributed by atoms with Crippen LogP contribution >= 0.6 is 11.3 Å². The average molecular weight is 424 g/mol. The van der Waals surface area contributed by atoms with Crippen molar-refractivity contribution in [2.75, 3.05) is 19.6 Å². The number of thiazole rings is 1. The van der Waals surface area contributed by atoms with Crippen LogP contribution < -0.4 is 15.4 Å². The van der Waals surface area contributed by atoms with Crippen molar-refractivity contribution in [3.63, 3.8) is 0 Å². The molecule has 2 aromatic rings. The van der Waals surface area contributed by atoms with E-state index >= 15 is 0 Å². The van der Waals surface area contributed by atoms with Gasteiger partial charge in [0.25, 0.3) is 0 Å². The molecule has 0 amide bonds. The molecule has 0 spiro atoms. The zero-order valence-electron chi connectivity index (χ0n) is 17.1. The summed E-state index contributed by atoms with van der Waals surface area (Å²) in [5.41, 5.74) is 2.65. The van der Waals surface area contributed by atoms with Crippen LogP contribution in [0.5, 0.6) is 0 Å². The first-order chi connectivity index (χ1) is 13.2. The molecule has 0 bridgehead atoms. The molecule has 3 N–H and O–H groups in total. The lowest BCUT2D eigenvalue weighted by molar-refractivity contribution is 0.580. The molecule has 0 aliphatic rings. The maximum Gasteiger partial charge on any atom is 0.240 e. The second-order valence-corrected chi connectivity index (χ2v) is 9.55. The summed E-state index contributed by atoms with van der Waals surface area (Å²) in [5.74, 6) is 0.652. The van der Waals surface area contributed by atoms with Crippen LogP contribution in [0.1, 0.15) is 33.6 Å². The SMILES string of the molecule is CCNC(=NCc1sc(C)nc1C)NCCNS(=O)(=O)c1cc(C)ccc1C. The van der Waals surface area contributed by atoms with Gasteiger partial charge in [0, 0.05) is 24.5 Å². The summed E-state index contributed by atoms with van der Waals surface area (Å²) in [7, 11) is -3.54. The van der Waals surface area contributed by atoms with Crippen molar-refractivity contribution < 1.29 is 8.42 Å². The molecule has 7 nitrogen and oxygen atoms in total. The molecule has 0 unspecified atom stereocenters. The fraction of sp³-hybridized carbons (Fsp3) is 0.474. The Morgan fingerprint density at radius 2 is 1.89 bits per heavy atom. The molecule has 0 radical (unpaired) electrons. The molecule has 0 fully saturated rings. The minimum atomic E-state index is -3.54. The zero-order chi connectivity index (χ0) is 20.7. The normalized spacial score (nSPS) is 12.2. The minimum absolute atomic E-state index is 0.263. The van der Waals surface area contributed by atoms with Crippen LogP contribution in [0.2, 0.25) is 0 Å². The van der Waals surface area contributed by atoms with Gasteiger partial charge in [-0.05, 0) is 51.8 Å². The summed E-state index contributed by atoms with van der Waals surface area (Å²) in [5, 5.41) is 7.36.